The van der Waals surface area contributed by atoms with Crippen molar-refractivity contribution in [2.75, 3.05) is 13.6 Å². The maximum absolute atomic E-state index is 5.77. The van der Waals surface area contributed by atoms with Crippen molar-refractivity contribution >= 4 is 32.8 Å². The van der Waals surface area contributed by atoms with E-state index in [1.165, 1.54) is 0 Å². The Labute approximate surface area is 75.4 Å². The predicted molar refractivity (Wildman–Crippen MR) is 50.0 cm³/mol. The standard InChI is InChI=1S/C6H12BrClN2/c1-4-9-6(8)10(3)5(2)7/h5H,4H2,1-3H3. The quantitative estimate of drug-likeness (QED) is 0.306. The van der Waals surface area contributed by atoms with Crippen molar-refractivity contribution in [2.45, 2.75) is 18.8 Å². The van der Waals surface area contributed by atoms with Crippen LogP contribution in [0.4, 0.5) is 0 Å². The van der Waals surface area contributed by atoms with E-state index < -0.39 is 0 Å². The Morgan fingerprint density at radius 1 is 1.80 bits per heavy atom. The maximum atomic E-state index is 5.77. The lowest BCUT2D eigenvalue weighted by atomic mass is 10.7. The molecule has 0 radical (unpaired) electrons. The van der Waals surface area contributed by atoms with Gasteiger partial charge in [-0.1, -0.05) is 15.9 Å². The van der Waals surface area contributed by atoms with Crippen LogP contribution < -0.4 is 0 Å². The lowest BCUT2D eigenvalue weighted by Gasteiger charge is -2.19. The average Bonchev–Trinajstić information content (AvgIpc) is 1.87. The second-order valence-electron chi connectivity index (χ2n) is 1.93. The number of halogens is 2. The van der Waals surface area contributed by atoms with Gasteiger partial charge in [-0.05, 0) is 25.4 Å². The van der Waals surface area contributed by atoms with Crippen LogP contribution in [0.25, 0.3) is 0 Å². The number of nitrogens with zero attached hydrogens (tertiary/aromatic N) is 2. The minimum absolute atomic E-state index is 0.232. The van der Waals surface area contributed by atoms with Crippen LogP contribution in [0.5, 0.6) is 0 Å². The largest absolute Gasteiger partial charge is 0.338 e. The van der Waals surface area contributed by atoms with Gasteiger partial charge in [-0.3, -0.25) is 4.99 Å². The molecule has 0 spiro atoms. The molecule has 0 bridgehead atoms. The smallest absolute Gasteiger partial charge is 0.194 e. The Hall–Kier alpha value is 0.240. The highest BCUT2D eigenvalue weighted by Crippen LogP contribution is 2.06. The van der Waals surface area contributed by atoms with E-state index in [-0.39, 0.29) is 4.95 Å². The zero-order valence-corrected chi connectivity index (χ0v) is 8.78. The van der Waals surface area contributed by atoms with Gasteiger partial charge in [-0.25, -0.2) is 0 Å². The van der Waals surface area contributed by atoms with Gasteiger partial charge < -0.3 is 4.90 Å². The van der Waals surface area contributed by atoms with Gasteiger partial charge in [0, 0.05) is 13.6 Å². The molecule has 0 aliphatic carbocycles. The van der Waals surface area contributed by atoms with E-state index >= 15 is 0 Å². The third-order valence-corrected chi connectivity index (χ3v) is 2.11. The van der Waals surface area contributed by atoms with Gasteiger partial charge in [-0.15, -0.1) is 0 Å². The molecule has 0 heterocycles. The van der Waals surface area contributed by atoms with Crippen LogP contribution in [-0.2, 0) is 0 Å². The summed E-state index contributed by atoms with van der Waals surface area (Å²) in [6.45, 7) is 4.67. The zero-order chi connectivity index (χ0) is 8.15. The van der Waals surface area contributed by atoms with Crippen molar-refractivity contribution in [1.82, 2.24) is 4.90 Å². The first-order chi connectivity index (χ1) is 4.59. The van der Waals surface area contributed by atoms with Gasteiger partial charge in [0.25, 0.3) is 0 Å². The number of alkyl halides is 1. The molecular weight excluding hydrogens is 215 g/mol. The molecule has 0 saturated carbocycles. The first kappa shape index (κ1) is 10.2. The monoisotopic (exact) mass is 226 g/mol. The highest BCUT2D eigenvalue weighted by atomic mass is 79.9. The summed E-state index contributed by atoms with van der Waals surface area (Å²) in [5, 5.41) is 0.548. The fourth-order valence-electron chi connectivity index (χ4n) is 0.389. The van der Waals surface area contributed by atoms with Crippen LogP contribution in [0.2, 0.25) is 0 Å². The number of hydrogen-bond donors (Lipinski definition) is 0. The van der Waals surface area contributed by atoms with Crippen molar-refractivity contribution in [3.05, 3.63) is 0 Å². The molecule has 4 heteroatoms. The van der Waals surface area contributed by atoms with Crippen LogP contribution >= 0.6 is 27.5 Å². The van der Waals surface area contributed by atoms with E-state index in [4.69, 9.17) is 11.6 Å². The molecule has 60 valence electrons. The molecule has 2 nitrogen and oxygen atoms in total. The van der Waals surface area contributed by atoms with Gasteiger partial charge >= 0.3 is 0 Å². The van der Waals surface area contributed by atoms with E-state index in [9.17, 15) is 0 Å². The van der Waals surface area contributed by atoms with Crippen molar-refractivity contribution in [3.8, 4) is 0 Å². The van der Waals surface area contributed by atoms with Crippen molar-refractivity contribution in [3.63, 3.8) is 0 Å². The summed E-state index contributed by atoms with van der Waals surface area (Å²) in [6.07, 6.45) is 0. The third-order valence-electron chi connectivity index (χ3n) is 1.11. The Morgan fingerprint density at radius 3 is 2.60 bits per heavy atom. The first-order valence-corrected chi connectivity index (χ1v) is 4.45. The Bertz CT molecular complexity index is 125. The molecule has 10 heavy (non-hydrogen) atoms. The molecule has 0 amide bonds. The van der Waals surface area contributed by atoms with Crippen molar-refractivity contribution in [2.24, 2.45) is 4.99 Å². The van der Waals surface area contributed by atoms with Crippen LogP contribution in [0.1, 0.15) is 13.8 Å². The van der Waals surface area contributed by atoms with Gasteiger partial charge in [0.05, 0.1) is 4.95 Å². The van der Waals surface area contributed by atoms with Crippen molar-refractivity contribution < 1.29 is 0 Å². The number of hydrogen-bond acceptors (Lipinski definition) is 1. The molecule has 0 saturated heterocycles. The topological polar surface area (TPSA) is 15.6 Å². The van der Waals surface area contributed by atoms with Crippen LogP contribution in [0.15, 0.2) is 4.99 Å². The lowest BCUT2D eigenvalue weighted by molar-refractivity contribution is 0.513. The molecule has 0 aliphatic rings. The fourth-order valence-corrected chi connectivity index (χ4v) is 0.967. The van der Waals surface area contributed by atoms with Gasteiger partial charge in [0.1, 0.15) is 0 Å². The molecule has 1 unspecified atom stereocenters. The maximum Gasteiger partial charge on any atom is 0.194 e. The molecular formula is C6H12BrClN2. The van der Waals surface area contributed by atoms with E-state index in [2.05, 4.69) is 20.9 Å². The zero-order valence-electron chi connectivity index (χ0n) is 6.43. The minimum Gasteiger partial charge on any atom is -0.338 e. The Morgan fingerprint density at radius 2 is 2.30 bits per heavy atom. The minimum atomic E-state index is 0.232. The molecule has 0 N–H and O–H groups in total. The second kappa shape index (κ2) is 4.97. The molecule has 0 aromatic rings. The summed E-state index contributed by atoms with van der Waals surface area (Å²) >= 11 is 9.14. The van der Waals surface area contributed by atoms with E-state index in [0.29, 0.717) is 5.29 Å². The summed E-state index contributed by atoms with van der Waals surface area (Å²) < 4.78 is 0. The Kier molecular flexibility index (Phi) is 5.09. The number of amidine groups is 1. The fraction of sp³-hybridized carbons (Fsp3) is 0.833. The summed E-state index contributed by atoms with van der Waals surface area (Å²) in [5.41, 5.74) is 0. The second-order valence-corrected chi connectivity index (χ2v) is 3.59. The van der Waals surface area contributed by atoms with E-state index in [1.54, 1.807) is 0 Å². The van der Waals surface area contributed by atoms with Gasteiger partial charge in [0.2, 0.25) is 0 Å². The first-order valence-electron chi connectivity index (χ1n) is 3.16. The van der Waals surface area contributed by atoms with Gasteiger partial charge in [0.15, 0.2) is 5.29 Å². The van der Waals surface area contributed by atoms with E-state index in [0.717, 1.165) is 6.54 Å². The van der Waals surface area contributed by atoms with Crippen LogP contribution in [0, 0.1) is 0 Å². The molecule has 0 rings (SSSR count). The number of aliphatic imine (C=N–C) groups is 1. The molecule has 1 atom stereocenters. The van der Waals surface area contributed by atoms with Gasteiger partial charge in [-0.2, -0.15) is 0 Å². The lowest BCUT2D eigenvalue weighted by Crippen LogP contribution is -2.27. The molecule has 0 aromatic heterocycles. The molecule has 0 aliphatic heterocycles. The summed E-state index contributed by atoms with van der Waals surface area (Å²) in [5.74, 6) is 0. The highest BCUT2D eigenvalue weighted by Gasteiger charge is 2.06. The SMILES string of the molecule is CCN=C(Cl)N(C)C(C)Br. The molecule has 0 fully saturated rings. The molecule has 0 aromatic carbocycles. The van der Waals surface area contributed by atoms with Crippen LogP contribution in [-0.4, -0.2) is 28.7 Å². The van der Waals surface area contributed by atoms with Crippen molar-refractivity contribution in [1.29, 1.82) is 0 Å². The number of rotatable bonds is 2. The van der Waals surface area contributed by atoms with E-state index in [1.807, 2.05) is 25.8 Å². The highest BCUT2D eigenvalue weighted by molar-refractivity contribution is 9.09. The average molecular weight is 228 g/mol. The third kappa shape index (κ3) is 3.42. The Balaban J connectivity index is 3.93. The normalized spacial score (nSPS) is 15.1. The summed E-state index contributed by atoms with van der Waals surface area (Å²) in [4.78, 5) is 6.11. The summed E-state index contributed by atoms with van der Waals surface area (Å²) in [7, 11) is 1.89. The van der Waals surface area contributed by atoms with Crippen LogP contribution in [0.3, 0.4) is 0 Å². The predicted octanol–water partition coefficient (Wildman–Crippen LogP) is 2.27. The summed E-state index contributed by atoms with van der Waals surface area (Å²) in [6, 6.07) is 0.